The number of H-pyrrole nitrogens is 1. The van der Waals surface area contributed by atoms with Crippen LogP contribution in [0.5, 0.6) is 0 Å². The summed E-state index contributed by atoms with van der Waals surface area (Å²) < 4.78 is 27.1. The summed E-state index contributed by atoms with van der Waals surface area (Å²) in [4.78, 5) is 35.1. The Morgan fingerprint density at radius 3 is 2.45 bits per heavy atom. The zero-order valence-corrected chi connectivity index (χ0v) is 15.8. The number of carbonyl (C=O) groups excluding carboxylic acids is 1. The fraction of sp³-hybridized carbons (Fsp3) is 0.200. The zero-order valence-electron chi connectivity index (χ0n) is 15.8. The van der Waals surface area contributed by atoms with E-state index in [-0.39, 0.29) is 12.1 Å². The summed E-state index contributed by atoms with van der Waals surface area (Å²) in [7, 11) is 0. The highest BCUT2D eigenvalue weighted by Crippen LogP contribution is 2.15. The van der Waals surface area contributed by atoms with Crippen molar-refractivity contribution >= 4 is 11.7 Å². The van der Waals surface area contributed by atoms with Crippen LogP contribution in [0, 0.1) is 25.5 Å². The Morgan fingerprint density at radius 1 is 1.10 bits per heavy atom. The van der Waals surface area contributed by atoms with Gasteiger partial charge in [0, 0.05) is 36.1 Å². The predicted octanol–water partition coefficient (Wildman–Crippen LogP) is 2.57. The summed E-state index contributed by atoms with van der Waals surface area (Å²) in [6.45, 7) is 3.91. The van der Waals surface area contributed by atoms with Crippen LogP contribution in [0.2, 0.25) is 0 Å². The average molecular weight is 399 g/mol. The van der Waals surface area contributed by atoms with Crippen molar-refractivity contribution in [2.45, 2.75) is 13.8 Å². The van der Waals surface area contributed by atoms with Gasteiger partial charge in [-0.15, -0.1) is 0 Å². The fourth-order valence-corrected chi connectivity index (χ4v) is 2.59. The molecule has 0 atom stereocenters. The number of rotatable bonds is 6. The van der Waals surface area contributed by atoms with Gasteiger partial charge in [-0.3, -0.25) is 9.59 Å². The standard InChI is InChI=1S/C20H19F2N5O2/c1-11-12(2)26-18(27-19(11)28)13-6-7-16(25-10-13)23-8-9-24-20(29)17-14(21)4-3-5-15(17)22/h3-7,10H,8-9H2,1-2H3,(H,23,25)(H,24,29)(H,26,27,28). The SMILES string of the molecule is Cc1nc(-c2ccc(NCCNC(=O)c3c(F)cccc3F)nc2)[nH]c(=O)c1C. The van der Waals surface area contributed by atoms with E-state index in [1.165, 1.54) is 6.07 Å². The summed E-state index contributed by atoms with van der Waals surface area (Å²) >= 11 is 0. The number of halogens is 2. The van der Waals surface area contributed by atoms with E-state index in [4.69, 9.17) is 0 Å². The van der Waals surface area contributed by atoms with Gasteiger partial charge in [0.05, 0.1) is 0 Å². The largest absolute Gasteiger partial charge is 0.368 e. The minimum Gasteiger partial charge on any atom is -0.368 e. The number of pyridine rings is 1. The first-order valence-electron chi connectivity index (χ1n) is 8.87. The molecule has 1 aromatic carbocycles. The quantitative estimate of drug-likeness (QED) is 0.553. The molecule has 0 aliphatic carbocycles. The molecule has 0 fully saturated rings. The van der Waals surface area contributed by atoms with Crippen LogP contribution < -0.4 is 16.2 Å². The number of nitrogens with zero attached hydrogens (tertiary/aromatic N) is 2. The van der Waals surface area contributed by atoms with Crippen LogP contribution >= 0.6 is 0 Å². The number of aryl methyl sites for hydroxylation is 1. The second-order valence-corrected chi connectivity index (χ2v) is 6.34. The van der Waals surface area contributed by atoms with Crippen molar-refractivity contribution in [2.75, 3.05) is 18.4 Å². The summed E-state index contributed by atoms with van der Waals surface area (Å²) in [5, 5.41) is 5.43. The van der Waals surface area contributed by atoms with E-state index in [0.717, 1.165) is 12.1 Å². The Kier molecular flexibility index (Phi) is 5.96. The van der Waals surface area contributed by atoms with Gasteiger partial charge < -0.3 is 15.6 Å². The maximum absolute atomic E-state index is 13.6. The minimum atomic E-state index is -0.911. The number of benzene rings is 1. The highest BCUT2D eigenvalue weighted by Gasteiger charge is 2.16. The molecule has 0 spiro atoms. The third-order valence-corrected chi connectivity index (χ3v) is 4.34. The zero-order chi connectivity index (χ0) is 21.0. The van der Waals surface area contributed by atoms with Crippen molar-refractivity contribution in [3.05, 3.63) is 75.3 Å². The van der Waals surface area contributed by atoms with Crippen molar-refractivity contribution in [3.63, 3.8) is 0 Å². The molecule has 0 radical (unpaired) electrons. The van der Waals surface area contributed by atoms with Gasteiger partial charge in [0.1, 0.15) is 28.8 Å². The van der Waals surface area contributed by atoms with Gasteiger partial charge in [-0.05, 0) is 38.1 Å². The Bertz CT molecular complexity index is 1080. The third-order valence-electron chi connectivity index (χ3n) is 4.34. The molecule has 2 aromatic heterocycles. The molecule has 0 aliphatic rings. The van der Waals surface area contributed by atoms with Crippen LogP contribution in [-0.4, -0.2) is 33.9 Å². The number of hydrogen-bond acceptors (Lipinski definition) is 5. The van der Waals surface area contributed by atoms with E-state index in [2.05, 4.69) is 25.6 Å². The topological polar surface area (TPSA) is 99.8 Å². The molecule has 2 heterocycles. The second kappa shape index (κ2) is 8.59. The van der Waals surface area contributed by atoms with Crippen molar-refractivity contribution in [1.82, 2.24) is 20.3 Å². The monoisotopic (exact) mass is 399 g/mol. The maximum Gasteiger partial charge on any atom is 0.257 e. The van der Waals surface area contributed by atoms with E-state index in [0.29, 0.717) is 35.0 Å². The molecule has 0 saturated carbocycles. The number of nitrogens with one attached hydrogen (secondary N) is 3. The molecule has 0 bridgehead atoms. The Balaban J connectivity index is 1.56. The molecule has 3 aromatic rings. The molecule has 0 saturated heterocycles. The molecule has 9 heteroatoms. The molecule has 29 heavy (non-hydrogen) atoms. The lowest BCUT2D eigenvalue weighted by molar-refractivity contribution is 0.0946. The number of aromatic amines is 1. The van der Waals surface area contributed by atoms with Gasteiger partial charge in [-0.2, -0.15) is 0 Å². The van der Waals surface area contributed by atoms with E-state index in [1.54, 1.807) is 32.2 Å². The molecule has 0 unspecified atom stereocenters. The van der Waals surface area contributed by atoms with Gasteiger partial charge in [-0.1, -0.05) is 6.07 Å². The highest BCUT2D eigenvalue weighted by atomic mass is 19.1. The number of aromatic nitrogens is 3. The predicted molar refractivity (Wildman–Crippen MR) is 105 cm³/mol. The first-order chi connectivity index (χ1) is 13.9. The van der Waals surface area contributed by atoms with Gasteiger partial charge >= 0.3 is 0 Å². The third kappa shape index (κ3) is 4.63. The Hall–Kier alpha value is -3.62. The van der Waals surface area contributed by atoms with Gasteiger partial charge in [0.15, 0.2) is 0 Å². The van der Waals surface area contributed by atoms with Gasteiger partial charge in [0.2, 0.25) is 0 Å². The van der Waals surface area contributed by atoms with E-state index < -0.39 is 23.1 Å². The molecule has 7 nitrogen and oxygen atoms in total. The minimum absolute atomic E-state index is 0.141. The highest BCUT2D eigenvalue weighted by molar-refractivity contribution is 5.94. The fourth-order valence-electron chi connectivity index (χ4n) is 2.59. The molecular weight excluding hydrogens is 380 g/mol. The molecule has 1 amide bonds. The van der Waals surface area contributed by atoms with Crippen molar-refractivity contribution in [2.24, 2.45) is 0 Å². The van der Waals surface area contributed by atoms with E-state index in [1.807, 2.05) is 0 Å². The lowest BCUT2D eigenvalue weighted by atomic mass is 10.2. The lowest BCUT2D eigenvalue weighted by Crippen LogP contribution is -2.30. The van der Waals surface area contributed by atoms with E-state index in [9.17, 15) is 18.4 Å². The molecule has 3 rings (SSSR count). The number of hydrogen-bond donors (Lipinski definition) is 3. The first-order valence-corrected chi connectivity index (χ1v) is 8.87. The molecular formula is C20H19F2N5O2. The van der Waals surface area contributed by atoms with Crippen LogP contribution in [0.3, 0.4) is 0 Å². The first kappa shape index (κ1) is 20.1. The summed E-state index contributed by atoms with van der Waals surface area (Å²) in [5.74, 6) is -1.69. The van der Waals surface area contributed by atoms with Crippen molar-refractivity contribution in [3.8, 4) is 11.4 Å². The average Bonchev–Trinajstić information content (AvgIpc) is 2.69. The lowest BCUT2D eigenvalue weighted by Gasteiger charge is -2.09. The smallest absolute Gasteiger partial charge is 0.257 e. The van der Waals surface area contributed by atoms with Gasteiger partial charge in [-0.25, -0.2) is 18.7 Å². The number of anilines is 1. The molecule has 150 valence electrons. The molecule has 0 aliphatic heterocycles. The molecule has 3 N–H and O–H groups in total. The van der Waals surface area contributed by atoms with E-state index >= 15 is 0 Å². The summed E-state index contributed by atoms with van der Waals surface area (Å²) in [6, 6.07) is 6.69. The van der Waals surface area contributed by atoms with Crippen LogP contribution in [-0.2, 0) is 0 Å². The second-order valence-electron chi connectivity index (χ2n) is 6.34. The summed E-state index contributed by atoms with van der Waals surface area (Å²) in [6.07, 6.45) is 1.56. The van der Waals surface area contributed by atoms with Crippen LogP contribution in [0.15, 0.2) is 41.3 Å². The van der Waals surface area contributed by atoms with Crippen LogP contribution in [0.4, 0.5) is 14.6 Å². The van der Waals surface area contributed by atoms with Crippen molar-refractivity contribution < 1.29 is 13.6 Å². The Morgan fingerprint density at radius 2 is 1.83 bits per heavy atom. The maximum atomic E-state index is 13.6. The van der Waals surface area contributed by atoms with Crippen LogP contribution in [0.1, 0.15) is 21.6 Å². The number of amides is 1. The summed E-state index contributed by atoms with van der Waals surface area (Å²) in [5.41, 5.74) is 1.06. The Labute approximate surface area is 165 Å². The van der Waals surface area contributed by atoms with Gasteiger partial charge in [0.25, 0.3) is 11.5 Å². The normalized spacial score (nSPS) is 10.6. The van der Waals surface area contributed by atoms with Crippen molar-refractivity contribution in [1.29, 1.82) is 0 Å². The number of carbonyl (C=O) groups is 1. The van der Waals surface area contributed by atoms with Crippen LogP contribution in [0.25, 0.3) is 11.4 Å².